The van der Waals surface area contributed by atoms with E-state index in [4.69, 9.17) is 9.47 Å². The molecule has 0 heterocycles. The first-order chi connectivity index (χ1) is 7.81. The predicted molar refractivity (Wildman–Crippen MR) is 75.3 cm³/mol. The van der Waals surface area contributed by atoms with Crippen LogP contribution in [0.15, 0.2) is 0 Å². The quantitative estimate of drug-likeness (QED) is 0.699. The summed E-state index contributed by atoms with van der Waals surface area (Å²) in [4.78, 5) is 0. The van der Waals surface area contributed by atoms with Gasteiger partial charge in [-0.05, 0) is 32.7 Å². The SMILES string of the molecule is CCC(C)(OC)OCCC(C)C.CNC(C)C. The molecular formula is C14H33NO2. The minimum atomic E-state index is -0.380. The lowest BCUT2D eigenvalue weighted by Gasteiger charge is -2.27. The van der Waals surface area contributed by atoms with Crippen molar-refractivity contribution in [3.8, 4) is 0 Å². The Hall–Kier alpha value is -0.120. The Morgan fingerprint density at radius 3 is 1.88 bits per heavy atom. The second-order valence-corrected chi connectivity index (χ2v) is 5.17. The average molecular weight is 247 g/mol. The molecule has 0 radical (unpaired) electrons. The standard InChI is InChI=1S/C10H22O2.C4H11N/c1-6-10(4,11-5)12-8-7-9(2)3;1-4(2)5-3/h9H,6-8H2,1-5H3;4-5H,1-3H3. The third kappa shape index (κ3) is 13.8. The Bertz CT molecular complexity index is 154. The molecule has 0 bridgehead atoms. The summed E-state index contributed by atoms with van der Waals surface area (Å²) in [5, 5.41) is 3.03. The van der Waals surface area contributed by atoms with Crippen molar-refractivity contribution < 1.29 is 9.47 Å². The summed E-state index contributed by atoms with van der Waals surface area (Å²) in [6.07, 6.45) is 1.99. The number of hydrogen-bond acceptors (Lipinski definition) is 3. The largest absolute Gasteiger partial charge is 0.353 e. The van der Waals surface area contributed by atoms with Crippen molar-refractivity contribution in [2.45, 2.75) is 66.2 Å². The molecule has 0 aromatic heterocycles. The number of rotatable bonds is 7. The molecule has 1 unspecified atom stereocenters. The predicted octanol–water partition coefficient (Wildman–Crippen LogP) is 3.44. The fourth-order valence-corrected chi connectivity index (χ4v) is 0.816. The first-order valence-electron chi connectivity index (χ1n) is 6.67. The van der Waals surface area contributed by atoms with Gasteiger partial charge in [0.2, 0.25) is 0 Å². The van der Waals surface area contributed by atoms with E-state index in [2.05, 4.69) is 39.9 Å². The zero-order valence-electron chi connectivity index (χ0n) is 13.1. The molecule has 0 aromatic carbocycles. The van der Waals surface area contributed by atoms with Gasteiger partial charge in [0.25, 0.3) is 0 Å². The fourth-order valence-electron chi connectivity index (χ4n) is 0.816. The molecule has 0 saturated carbocycles. The summed E-state index contributed by atoms with van der Waals surface area (Å²) < 4.78 is 10.9. The van der Waals surface area contributed by atoms with Crippen molar-refractivity contribution in [2.24, 2.45) is 5.92 Å². The van der Waals surface area contributed by atoms with E-state index in [1.165, 1.54) is 0 Å². The smallest absolute Gasteiger partial charge is 0.164 e. The van der Waals surface area contributed by atoms with Gasteiger partial charge in [0.05, 0.1) is 6.61 Å². The molecule has 0 aromatic rings. The first-order valence-corrected chi connectivity index (χ1v) is 6.67. The molecule has 3 heteroatoms. The zero-order valence-corrected chi connectivity index (χ0v) is 13.1. The van der Waals surface area contributed by atoms with E-state index in [0.29, 0.717) is 12.0 Å². The second kappa shape index (κ2) is 11.0. The molecule has 0 aliphatic heterocycles. The summed E-state index contributed by atoms with van der Waals surface area (Å²) >= 11 is 0. The van der Waals surface area contributed by atoms with E-state index in [0.717, 1.165) is 19.4 Å². The van der Waals surface area contributed by atoms with Gasteiger partial charge in [-0.25, -0.2) is 0 Å². The third-order valence-corrected chi connectivity index (χ3v) is 2.75. The molecule has 0 amide bonds. The van der Waals surface area contributed by atoms with Crippen molar-refractivity contribution in [2.75, 3.05) is 20.8 Å². The van der Waals surface area contributed by atoms with E-state index in [1.54, 1.807) is 7.11 Å². The molecule has 1 N–H and O–H groups in total. The molecule has 1 atom stereocenters. The highest BCUT2D eigenvalue weighted by Gasteiger charge is 2.20. The van der Waals surface area contributed by atoms with Gasteiger partial charge in [-0.1, -0.05) is 34.6 Å². The van der Waals surface area contributed by atoms with Crippen molar-refractivity contribution in [3.63, 3.8) is 0 Å². The lowest BCUT2D eigenvalue weighted by Crippen LogP contribution is -2.30. The van der Waals surface area contributed by atoms with E-state index in [-0.39, 0.29) is 5.79 Å². The van der Waals surface area contributed by atoms with Crippen LogP contribution in [0.4, 0.5) is 0 Å². The Labute approximate surface area is 108 Å². The van der Waals surface area contributed by atoms with Crippen molar-refractivity contribution in [1.82, 2.24) is 5.32 Å². The van der Waals surface area contributed by atoms with Crippen LogP contribution in [0.5, 0.6) is 0 Å². The monoisotopic (exact) mass is 247 g/mol. The topological polar surface area (TPSA) is 30.5 Å². The van der Waals surface area contributed by atoms with Gasteiger partial charge in [-0.2, -0.15) is 0 Å². The number of nitrogens with one attached hydrogen (secondary N) is 1. The van der Waals surface area contributed by atoms with Crippen LogP contribution in [0.1, 0.15) is 54.4 Å². The maximum absolute atomic E-state index is 5.62. The number of ether oxygens (including phenoxy) is 2. The van der Waals surface area contributed by atoms with Gasteiger partial charge < -0.3 is 14.8 Å². The lowest BCUT2D eigenvalue weighted by atomic mass is 10.1. The summed E-state index contributed by atoms with van der Waals surface area (Å²) in [5.74, 6) is 0.317. The van der Waals surface area contributed by atoms with Crippen LogP contribution >= 0.6 is 0 Å². The van der Waals surface area contributed by atoms with Crippen LogP contribution in [-0.4, -0.2) is 32.6 Å². The van der Waals surface area contributed by atoms with Crippen molar-refractivity contribution in [3.05, 3.63) is 0 Å². The summed E-state index contributed by atoms with van der Waals surface area (Å²) in [6, 6.07) is 0.634. The molecule has 0 fully saturated rings. The Balaban J connectivity index is 0. The summed E-state index contributed by atoms with van der Waals surface area (Å²) in [5.41, 5.74) is 0. The minimum absolute atomic E-state index is 0.380. The van der Waals surface area contributed by atoms with E-state index in [1.807, 2.05) is 14.0 Å². The van der Waals surface area contributed by atoms with E-state index >= 15 is 0 Å². The highest BCUT2D eigenvalue weighted by Crippen LogP contribution is 2.16. The average Bonchev–Trinajstić information content (AvgIpc) is 2.29. The van der Waals surface area contributed by atoms with Crippen molar-refractivity contribution in [1.29, 1.82) is 0 Å². The molecule has 0 aliphatic carbocycles. The van der Waals surface area contributed by atoms with Gasteiger partial charge in [0.1, 0.15) is 0 Å². The zero-order chi connectivity index (χ0) is 13.9. The molecular weight excluding hydrogens is 214 g/mol. The summed E-state index contributed by atoms with van der Waals surface area (Å²) in [6.45, 7) is 13.4. The van der Waals surface area contributed by atoms with E-state index < -0.39 is 0 Å². The van der Waals surface area contributed by atoms with Gasteiger partial charge in [-0.15, -0.1) is 0 Å². The minimum Gasteiger partial charge on any atom is -0.353 e. The second-order valence-electron chi connectivity index (χ2n) is 5.17. The Morgan fingerprint density at radius 1 is 1.18 bits per heavy atom. The summed E-state index contributed by atoms with van der Waals surface area (Å²) in [7, 11) is 3.64. The fraction of sp³-hybridized carbons (Fsp3) is 1.00. The number of hydrogen-bond donors (Lipinski definition) is 1. The Kier molecular flexibility index (Phi) is 12.4. The first kappa shape index (κ1) is 19.2. The maximum Gasteiger partial charge on any atom is 0.164 e. The van der Waals surface area contributed by atoms with Crippen LogP contribution < -0.4 is 5.32 Å². The molecule has 17 heavy (non-hydrogen) atoms. The van der Waals surface area contributed by atoms with Gasteiger partial charge >= 0.3 is 0 Å². The molecule has 0 saturated heterocycles. The molecule has 0 aliphatic rings. The van der Waals surface area contributed by atoms with Gasteiger partial charge in [0.15, 0.2) is 5.79 Å². The van der Waals surface area contributed by atoms with Gasteiger partial charge in [0, 0.05) is 13.2 Å². The highest BCUT2D eigenvalue weighted by molar-refractivity contribution is 4.58. The third-order valence-electron chi connectivity index (χ3n) is 2.75. The number of methoxy groups -OCH3 is 1. The lowest BCUT2D eigenvalue weighted by molar-refractivity contribution is -0.212. The molecule has 3 nitrogen and oxygen atoms in total. The maximum atomic E-state index is 5.62. The molecule has 0 spiro atoms. The van der Waals surface area contributed by atoms with Crippen molar-refractivity contribution >= 4 is 0 Å². The normalized spacial score (nSPS) is 14.5. The molecule has 0 rings (SSSR count). The van der Waals surface area contributed by atoms with Gasteiger partial charge in [-0.3, -0.25) is 0 Å². The molecule has 106 valence electrons. The highest BCUT2D eigenvalue weighted by atomic mass is 16.7. The van der Waals surface area contributed by atoms with Crippen LogP contribution in [0.25, 0.3) is 0 Å². The van der Waals surface area contributed by atoms with Crippen LogP contribution in [0, 0.1) is 5.92 Å². The van der Waals surface area contributed by atoms with Crippen LogP contribution in [0.3, 0.4) is 0 Å². The van der Waals surface area contributed by atoms with Crippen LogP contribution in [0.2, 0.25) is 0 Å². The Morgan fingerprint density at radius 2 is 1.65 bits per heavy atom. The van der Waals surface area contributed by atoms with E-state index in [9.17, 15) is 0 Å². The van der Waals surface area contributed by atoms with Crippen LogP contribution in [-0.2, 0) is 9.47 Å².